The summed E-state index contributed by atoms with van der Waals surface area (Å²) in [6, 6.07) is 0. The van der Waals surface area contributed by atoms with Gasteiger partial charge in [-0.2, -0.15) is 0 Å². The van der Waals surface area contributed by atoms with E-state index >= 15 is 0 Å². The van der Waals surface area contributed by atoms with Crippen LogP contribution in [0.15, 0.2) is 0 Å². The molecule has 0 bridgehead atoms. The van der Waals surface area contributed by atoms with Gasteiger partial charge in [0, 0.05) is 19.6 Å². The number of rotatable bonds is 7. The molecule has 1 aliphatic heterocycles. The zero-order chi connectivity index (χ0) is 11.8. The van der Waals surface area contributed by atoms with Crippen LogP contribution >= 0.6 is 0 Å². The van der Waals surface area contributed by atoms with Crippen molar-refractivity contribution in [3.63, 3.8) is 0 Å². The van der Waals surface area contributed by atoms with Gasteiger partial charge in [-0.15, -0.1) is 0 Å². The molecule has 0 amide bonds. The maximum absolute atomic E-state index is 3.43. The van der Waals surface area contributed by atoms with Gasteiger partial charge in [-0.3, -0.25) is 0 Å². The molecule has 0 spiro atoms. The summed E-state index contributed by atoms with van der Waals surface area (Å²) in [5, 5.41) is 3.43. The third kappa shape index (κ3) is 5.28. The van der Waals surface area contributed by atoms with E-state index < -0.39 is 0 Å². The maximum Gasteiger partial charge on any atom is 0.0109 e. The fraction of sp³-hybridized carbons (Fsp3) is 1.00. The summed E-state index contributed by atoms with van der Waals surface area (Å²) < 4.78 is 0. The van der Waals surface area contributed by atoms with Crippen molar-refractivity contribution in [1.82, 2.24) is 15.1 Å². The molecule has 0 unspecified atom stereocenters. The Balaban J connectivity index is 2.11. The standard InChI is InChI=1S/C13H29N3/c1-4-16(5-2)11-10-15(3)12-13-6-8-14-9-7-13/h13-14H,4-12H2,1-3H3. The molecule has 16 heavy (non-hydrogen) atoms. The lowest BCUT2D eigenvalue weighted by Crippen LogP contribution is -2.38. The third-order valence-electron chi connectivity index (χ3n) is 3.72. The second kappa shape index (κ2) is 8.04. The molecule has 0 saturated carbocycles. The van der Waals surface area contributed by atoms with Crippen LogP contribution in [0, 0.1) is 5.92 Å². The van der Waals surface area contributed by atoms with Crippen molar-refractivity contribution >= 4 is 0 Å². The van der Waals surface area contributed by atoms with Crippen LogP contribution in [-0.2, 0) is 0 Å². The van der Waals surface area contributed by atoms with Gasteiger partial charge in [0.25, 0.3) is 0 Å². The Hall–Kier alpha value is -0.120. The lowest BCUT2D eigenvalue weighted by atomic mass is 9.98. The Labute approximate surface area is 101 Å². The van der Waals surface area contributed by atoms with E-state index in [1.807, 2.05) is 0 Å². The van der Waals surface area contributed by atoms with Gasteiger partial charge in [0.15, 0.2) is 0 Å². The summed E-state index contributed by atoms with van der Waals surface area (Å²) in [5.74, 6) is 0.919. The summed E-state index contributed by atoms with van der Waals surface area (Å²) >= 11 is 0. The highest BCUT2D eigenvalue weighted by molar-refractivity contribution is 4.71. The molecule has 3 nitrogen and oxygen atoms in total. The van der Waals surface area contributed by atoms with Crippen molar-refractivity contribution in [2.24, 2.45) is 5.92 Å². The third-order valence-corrected chi connectivity index (χ3v) is 3.72. The van der Waals surface area contributed by atoms with Crippen LogP contribution in [0.4, 0.5) is 0 Å². The van der Waals surface area contributed by atoms with Crippen LogP contribution in [0.1, 0.15) is 26.7 Å². The topological polar surface area (TPSA) is 18.5 Å². The molecule has 1 rings (SSSR count). The van der Waals surface area contributed by atoms with E-state index in [2.05, 4.69) is 36.0 Å². The van der Waals surface area contributed by atoms with Gasteiger partial charge in [0.2, 0.25) is 0 Å². The fourth-order valence-corrected chi connectivity index (χ4v) is 2.45. The maximum atomic E-state index is 3.43. The molecule has 0 aromatic heterocycles. The van der Waals surface area contributed by atoms with Gasteiger partial charge < -0.3 is 15.1 Å². The lowest BCUT2D eigenvalue weighted by molar-refractivity contribution is 0.203. The molecule has 3 heteroatoms. The van der Waals surface area contributed by atoms with Crippen molar-refractivity contribution in [2.75, 3.05) is 52.9 Å². The van der Waals surface area contributed by atoms with E-state index in [0.717, 1.165) is 5.92 Å². The number of likely N-dealkylation sites (N-methyl/N-ethyl adjacent to an activating group) is 2. The van der Waals surface area contributed by atoms with E-state index in [9.17, 15) is 0 Å². The van der Waals surface area contributed by atoms with Crippen molar-refractivity contribution < 1.29 is 0 Å². The molecular formula is C13H29N3. The second-order valence-electron chi connectivity index (χ2n) is 4.98. The average molecular weight is 227 g/mol. The molecule has 0 aliphatic carbocycles. The molecular weight excluding hydrogens is 198 g/mol. The van der Waals surface area contributed by atoms with Gasteiger partial charge >= 0.3 is 0 Å². The summed E-state index contributed by atoms with van der Waals surface area (Å²) in [6.07, 6.45) is 2.71. The normalized spacial score (nSPS) is 18.6. The van der Waals surface area contributed by atoms with Crippen LogP contribution in [0.3, 0.4) is 0 Å². The molecule has 1 saturated heterocycles. The van der Waals surface area contributed by atoms with E-state index in [1.54, 1.807) is 0 Å². The fourth-order valence-electron chi connectivity index (χ4n) is 2.45. The first-order valence-electron chi connectivity index (χ1n) is 6.87. The van der Waals surface area contributed by atoms with E-state index in [0.29, 0.717) is 0 Å². The van der Waals surface area contributed by atoms with E-state index in [1.165, 1.54) is 58.7 Å². The Kier molecular flexibility index (Phi) is 7.01. The molecule has 0 aromatic carbocycles. The van der Waals surface area contributed by atoms with E-state index in [4.69, 9.17) is 0 Å². The van der Waals surface area contributed by atoms with Gasteiger partial charge in [-0.05, 0) is 52.0 Å². The molecule has 1 heterocycles. The molecule has 0 atom stereocenters. The number of hydrogen-bond acceptors (Lipinski definition) is 3. The summed E-state index contributed by atoms with van der Waals surface area (Å²) in [7, 11) is 2.27. The predicted molar refractivity (Wildman–Crippen MR) is 70.9 cm³/mol. The van der Waals surface area contributed by atoms with Crippen molar-refractivity contribution in [3.05, 3.63) is 0 Å². The van der Waals surface area contributed by atoms with Crippen molar-refractivity contribution in [1.29, 1.82) is 0 Å². The van der Waals surface area contributed by atoms with Crippen LogP contribution in [0.25, 0.3) is 0 Å². The Morgan fingerprint density at radius 1 is 1.06 bits per heavy atom. The van der Waals surface area contributed by atoms with Crippen molar-refractivity contribution in [3.8, 4) is 0 Å². The Bertz CT molecular complexity index is 163. The van der Waals surface area contributed by atoms with Crippen LogP contribution < -0.4 is 5.32 Å². The van der Waals surface area contributed by atoms with Gasteiger partial charge in [0.05, 0.1) is 0 Å². The highest BCUT2D eigenvalue weighted by atomic mass is 15.2. The average Bonchev–Trinajstić information content (AvgIpc) is 2.31. The first kappa shape index (κ1) is 13.9. The largest absolute Gasteiger partial charge is 0.317 e. The van der Waals surface area contributed by atoms with Gasteiger partial charge in [-0.1, -0.05) is 13.8 Å². The monoisotopic (exact) mass is 227 g/mol. The quantitative estimate of drug-likeness (QED) is 0.706. The summed E-state index contributed by atoms with van der Waals surface area (Å²) in [6.45, 7) is 13.0. The highest BCUT2D eigenvalue weighted by Crippen LogP contribution is 2.12. The highest BCUT2D eigenvalue weighted by Gasteiger charge is 2.14. The summed E-state index contributed by atoms with van der Waals surface area (Å²) in [5.41, 5.74) is 0. The first-order chi connectivity index (χ1) is 7.76. The van der Waals surface area contributed by atoms with Gasteiger partial charge in [-0.25, -0.2) is 0 Å². The zero-order valence-corrected chi connectivity index (χ0v) is 11.3. The predicted octanol–water partition coefficient (Wildman–Crippen LogP) is 1.26. The second-order valence-corrected chi connectivity index (χ2v) is 4.98. The summed E-state index contributed by atoms with van der Waals surface area (Å²) in [4.78, 5) is 5.01. The van der Waals surface area contributed by atoms with Crippen LogP contribution in [-0.4, -0.2) is 62.7 Å². The minimum absolute atomic E-state index is 0.919. The minimum atomic E-state index is 0.919. The molecule has 1 fully saturated rings. The van der Waals surface area contributed by atoms with E-state index in [-0.39, 0.29) is 0 Å². The number of hydrogen-bond donors (Lipinski definition) is 1. The number of nitrogens with zero attached hydrogens (tertiary/aromatic N) is 2. The molecule has 1 N–H and O–H groups in total. The Morgan fingerprint density at radius 2 is 1.69 bits per heavy atom. The lowest BCUT2D eigenvalue weighted by Gasteiger charge is -2.29. The Morgan fingerprint density at radius 3 is 2.25 bits per heavy atom. The molecule has 0 aromatic rings. The molecule has 0 radical (unpaired) electrons. The first-order valence-corrected chi connectivity index (χ1v) is 6.87. The molecule has 96 valence electrons. The van der Waals surface area contributed by atoms with Gasteiger partial charge in [0.1, 0.15) is 0 Å². The number of piperidine rings is 1. The minimum Gasteiger partial charge on any atom is -0.317 e. The molecule has 1 aliphatic rings. The zero-order valence-electron chi connectivity index (χ0n) is 11.3. The van der Waals surface area contributed by atoms with Crippen LogP contribution in [0.5, 0.6) is 0 Å². The SMILES string of the molecule is CCN(CC)CCN(C)CC1CCNCC1. The van der Waals surface area contributed by atoms with Crippen molar-refractivity contribution in [2.45, 2.75) is 26.7 Å². The van der Waals surface area contributed by atoms with Crippen LogP contribution in [0.2, 0.25) is 0 Å². The smallest absolute Gasteiger partial charge is 0.0109 e. The number of nitrogens with one attached hydrogen (secondary N) is 1.